The maximum Gasteiger partial charge on any atom is 0.140 e. The molecule has 17 heavy (non-hydrogen) atoms. The summed E-state index contributed by atoms with van der Waals surface area (Å²) in [6.45, 7) is 0. The lowest BCUT2D eigenvalue weighted by Gasteiger charge is -2.03. The van der Waals surface area contributed by atoms with Crippen LogP contribution in [0.2, 0.25) is 5.15 Å². The van der Waals surface area contributed by atoms with Crippen molar-refractivity contribution in [2.24, 2.45) is 0 Å². The van der Waals surface area contributed by atoms with Gasteiger partial charge in [-0.05, 0) is 24.3 Å². The fourth-order valence-corrected chi connectivity index (χ4v) is 1.92. The molecule has 0 aliphatic carbocycles. The molecule has 0 spiro atoms. The van der Waals surface area contributed by atoms with E-state index < -0.39 is 0 Å². The van der Waals surface area contributed by atoms with Crippen LogP contribution in [-0.2, 0) is 0 Å². The number of pyridine rings is 1. The van der Waals surface area contributed by atoms with Gasteiger partial charge in [0.1, 0.15) is 11.5 Å². The topological polar surface area (TPSA) is 38.7 Å². The van der Waals surface area contributed by atoms with Gasteiger partial charge in [0.2, 0.25) is 0 Å². The highest BCUT2D eigenvalue weighted by atomic mass is 35.5. The molecule has 0 amide bonds. The van der Waals surface area contributed by atoms with Crippen LogP contribution in [0.4, 0.5) is 0 Å². The lowest BCUT2D eigenvalue weighted by molar-refractivity contribution is 1.22. The Labute approximate surface area is 103 Å². The minimum atomic E-state index is 0.475. The summed E-state index contributed by atoms with van der Waals surface area (Å²) in [7, 11) is 0. The van der Waals surface area contributed by atoms with Crippen molar-refractivity contribution in [3.8, 4) is 11.3 Å². The van der Waals surface area contributed by atoms with E-state index in [0.717, 1.165) is 22.2 Å². The van der Waals surface area contributed by atoms with Crippen molar-refractivity contribution < 1.29 is 0 Å². The normalized spacial score (nSPS) is 10.6. The van der Waals surface area contributed by atoms with Crippen LogP contribution in [0.5, 0.6) is 0 Å². The molecule has 4 heteroatoms. The Balaban J connectivity index is 2.21. The highest BCUT2D eigenvalue weighted by Gasteiger charge is 2.04. The second-order valence-electron chi connectivity index (χ2n) is 3.61. The highest BCUT2D eigenvalue weighted by molar-refractivity contribution is 6.34. The third-order valence-corrected chi connectivity index (χ3v) is 2.85. The Bertz CT molecular complexity index is 668. The zero-order valence-corrected chi connectivity index (χ0v) is 9.59. The van der Waals surface area contributed by atoms with Crippen LogP contribution in [0.1, 0.15) is 0 Å². The second kappa shape index (κ2) is 4.11. The molecule has 0 unspecified atom stereocenters. The second-order valence-corrected chi connectivity index (χ2v) is 3.97. The van der Waals surface area contributed by atoms with E-state index in [1.165, 1.54) is 6.33 Å². The average Bonchev–Trinajstić information content (AvgIpc) is 2.40. The maximum absolute atomic E-state index is 5.99. The van der Waals surface area contributed by atoms with Crippen molar-refractivity contribution in [1.29, 1.82) is 0 Å². The maximum atomic E-state index is 5.99. The molecule has 2 aromatic heterocycles. The molecule has 0 bridgehead atoms. The quantitative estimate of drug-likeness (QED) is 0.614. The summed E-state index contributed by atoms with van der Waals surface area (Å²) in [6, 6.07) is 11.7. The minimum Gasteiger partial charge on any atom is -0.256 e. The number of hydrogen-bond donors (Lipinski definition) is 0. The molecule has 0 aliphatic rings. The van der Waals surface area contributed by atoms with Crippen LogP contribution in [0.15, 0.2) is 48.9 Å². The van der Waals surface area contributed by atoms with Crippen molar-refractivity contribution in [2.45, 2.75) is 0 Å². The van der Waals surface area contributed by atoms with E-state index in [-0.39, 0.29) is 0 Å². The van der Waals surface area contributed by atoms with Crippen molar-refractivity contribution in [1.82, 2.24) is 15.0 Å². The average molecular weight is 242 g/mol. The molecule has 0 radical (unpaired) electrons. The van der Waals surface area contributed by atoms with Gasteiger partial charge in [-0.25, -0.2) is 9.97 Å². The number of benzene rings is 1. The molecule has 0 aliphatic heterocycles. The van der Waals surface area contributed by atoms with Crippen molar-refractivity contribution in [2.75, 3.05) is 0 Å². The summed E-state index contributed by atoms with van der Waals surface area (Å²) in [5.74, 6) is 0. The molecule has 0 atom stereocenters. The first-order valence-corrected chi connectivity index (χ1v) is 5.54. The highest BCUT2D eigenvalue weighted by Crippen LogP contribution is 2.24. The molecule has 0 N–H and O–H groups in total. The number of rotatable bonds is 1. The molecular weight excluding hydrogens is 234 g/mol. The lowest BCUT2D eigenvalue weighted by Crippen LogP contribution is -1.86. The van der Waals surface area contributed by atoms with Crippen molar-refractivity contribution in [3.05, 3.63) is 54.1 Å². The van der Waals surface area contributed by atoms with E-state index in [4.69, 9.17) is 11.6 Å². The van der Waals surface area contributed by atoms with Gasteiger partial charge >= 0.3 is 0 Å². The van der Waals surface area contributed by atoms with Crippen molar-refractivity contribution in [3.63, 3.8) is 0 Å². The Kier molecular flexibility index (Phi) is 2.46. The molecule has 2 heterocycles. The van der Waals surface area contributed by atoms with Gasteiger partial charge in [0.25, 0.3) is 0 Å². The standard InChI is InChI=1S/C13H8ClN3/c14-13-10-5-4-9(7-12(10)16-8-17-13)11-3-1-2-6-15-11/h1-8H. The van der Waals surface area contributed by atoms with E-state index in [9.17, 15) is 0 Å². The molecular formula is C13H8ClN3. The van der Waals surface area contributed by atoms with Gasteiger partial charge in [-0.15, -0.1) is 0 Å². The van der Waals surface area contributed by atoms with Gasteiger partial charge in [0.15, 0.2) is 0 Å². The smallest absolute Gasteiger partial charge is 0.140 e. The van der Waals surface area contributed by atoms with Crippen LogP contribution in [0, 0.1) is 0 Å². The molecule has 0 saturated carbocycles. The SMILES string of the molecule is Clc1ncnc2cc(-c3ccccn3)ccc12. The summed E-state index contributed by atoms with van der Waals surface area (Å²) in [4.78, 5) is 12.5. The Hall–Kier alpha value is -2.00. The van der Waals surface area contributed by atoms with Gasteiger partial charge in [-0.2, -0.15) is 0 Å². The Morgan fingerprint density at radius 1 is 0.941 bits per heavy atom. The zero-order chi connectivity index (χ0) is 11.7. The van der Waals surface area contributed by atoms with Gasteiger partial charge in [0, 0.05) is 17.1 Å². The first-order chi connectivity index (χ1) is 8.34. The van der Waals surface area contributed by atoms with Gasteiger partial charge < -0.3 is 0 Å². The predicted octanol–water partition coefficient (Wildman–Crippen LogP) is 3.35. The first kappa shape index (κ1) is 10.2. The predicted molar refractivity (Wildman–Crippen MR) is 67.8 cm³/mol. The monoisotopic (exact) mass is 241 g/mol. The van der Waals surface area contributed by atoms with E-state index in [1.807, 2.05) is 36.4 Å². The number of hydrogen-bond acceptors (Lipinski definition) is 3. The van der Waals surface area contributed by atoms with E-state index in [1.54, 1.807) is 6.20 Å². The third-order valence-electron chi connectivity index (χ3n) is 2.55. The summed E-state index contributed by atoms with van der Waals surface area (Å²) in [5.41, 5.74) is 2.77. The van der Waals surface area contributed by atoms with Crippen LogP contribution in [-0.4, -0.2) is 15.0 Å². The molecule has 1 aromatic carbocycles. The lowest BCUT2D eigenvalue weighted by atomic mass is 10.1. The number of halogens is 1. The largest absolute Gasteiger partial charge is 0.256 e. The van der Waals surface area contributed by atoms with E-state index in [2.05, 4.69) is 15.0 Å². The first-order valence-electron chi connectivity index (χ1n) is 5.16. The molecule has 82 valence electrons. The molecule has 0 saturated heterocycles. The van der Waals surface area contributed by atoms with E-state index >= 15 is 0 Å². The number of nitrogens with zero attached hydrogens (tertiary/aromatic N) is 3. The minimum absolute atomic E-state index is 0.475. The zero-order valence-electron chi connectivity index (χ0n) is 8.84. The molecule has 0 fully saturated rings. The molecule has 3 nitrogen and oxygen atoms in total. The van der Waals surface area contributed by atoms with Crippen molar-refractivity contribution >= 4 is 22.5 Å². The fourth-order valence-electron chi connectivity index (χ4n) is 1.72. The van der Waals surface area contributed by atoms with Crippen LogP contribution in [0.25, 0.3) is 22.2 Å². The van der Waals surface area contributed by atoms with Gasteiger partial charge in [-0.1, -0.05) is 23.7 Å². The number of fused-ring (bicyclic) bond motifs is 1. The van der Waals surface area contributed by atoms with Crippen LogP contribution >= 0.6 is 11.6 Å². The van der Waals surface area contributed by atoms with E-state index in [0.29, 0.717) is 5.15 Å². The summed E-state index contributed by atoms with van der Waals surface area (Å²) >= 11 is 5.99. The third kappa shape index (κ3) is 1.85. The summed E-state index contributed by atoms with van der Waals surface area (Å²) in [6.07, 6.45) is 3.24. The number of aromatic nitrogens is 3. The molecule has 3 aromatic rings. The fraction of sp³-hybridized carbons (Fsp3) is 0. The Morgan fingerprint density at radius 3 is 2.71 bits per heavy atom. The van der Waals surface area contributed by atoms with Crippen LogP contribution < -0.4 is 0 Å². The van der Waals surface area contributed by atoms with Crippen LogP contribution in [0.3, 0.4) is 0 Å². The molecule has 3 rings (SSSR count). The Morgan fingerprint density at radius 2 is 1.88 bits per heavy atom. The van der Waals surface area contributed by atoms with Gasteiger partial charge in [-0.3, -0.25) is 4.98 Å². The summed E-state index contributed by atoms with van der Waals surface area (Å²) < 4.78 is 0. The van der Waals surface area contributed by atoms with Gasteiger partial charge in [0.05, 0.1) is 11.2 Å². The summed E-state index contributed by atoms with van der Waals surface area (Å²) in [5, 5.41) is 1.33.